The van der Waals surface area contributed by atoms with E-state index < -0.39 is 0 Å². The summed E-state index contributed by atoms with van der Waals surface area (Å²) in [5.74, 6) is 1.79. The van der Waals surface area contributed by atoms with E-state index in [2.05, 4.69) is 33.0 Å². The Morgan fingerprint density at radius 2 is 1.88 bits per heavy atom. The van der Waals surface area contributed by atoms with Gasteiger partial charge in [0, 0.05) is 18.0 Å². The van der Waals surface area contributed by atoms with Gasteiger partial charge in [0.2, 0.25) is 0 Å². The van der Waals surface area contributed by atoms with Gasteiger partial charge in [-0.25, -0.2) is 0 Å². The summed E-state index contributed by atoms with van der Waals surface area (Å²) in [6.45, 7) is 9.55. The van der Waals surface area contributed by atoms with Crippen molar-refractivity contribution in [1.82, 2.24) is 5.32 Å². The molecule has 2 saturated heterocycles. The molecule has 2 N–H and O–H groups in total. The number of piperidine rings is 1. The second-order valence-electron chi connectivity index (χ2n) is 6.04. The Morgan fingerprint density at radius 1 is 1.19 bits per heavy atom. The van der Waals surface area contributed by atoms with Gasteiger partial charge in [-0.2, -0.15) is 0 Å². The standard InChI is InChI=1S/C13H25NO2/c1-7(2)12-11-5-9(10(15)6-16-11)14-13(12)8(3)4/h7-15H,5-6H2,1-4H3/t9-,10+,11+,12?,13?/m0/s1. The minimum atomic E-state index is -0.328. The Morgan fingerprint density at radius 3 is 2.44 bits per heavy atom. The molecule has 0 aromatic rings. The van der Waals surface area contributed by atoms with Gasteiger partial charge in [-0.15, -0.1) is 0 Å². The fourth-order valence-electron chi connectivity index (χ4n) is 3.33. The zero-order valence-electron chi connectivity index (χ0n) is 10.8. The van der Waals surface area contributed by atoms with Crippen LogP contribution in [-0.2, 0) is 4.74 Å². The lowest BCUT2D eigenvalue weighted by atomic mass is 9.72. The molecule has 0 amide bonds. The Balaban J connectivity index is 2.16. The lowest BCUT2D eigenvalue weighted by Gasteiger charge is -2.50. The molecule has 2 bridgehead atoms. The molecule has 3 nitrogen and oxygen atoms in total. The maximum atomic E-state index is 9.86. The minimum absolute atomic E-state index is 0.237. The van der Waals surface area contributed by atoms with E-state index in [9.17, 15) is 5.11 Å². The quantitative estimate of drug-likeness (QED) is 0.749. The van der Waals surface area contributed by atoms with Crippen molar-refractivity contribution < 1.29 is 9.84 Å². The van der Waals surface area contributed by atoms with Crippen molar-refractivity contribution in [1.29, 1.82) is 0 Å². The number of ether oxygens (including phenoxy) is 1. The second-order valence-corrected chi connectivity index (χ2v) is 6.04. The maximum absolute atomic E-state index is 9.86. The molecule has 16 heavy (non-hydrogen) atoms. The van der Waals surface area contributed by atoms with Crippen molar-refractivity contribution in [2.24, 2.45) is 17.8 Å². The average Bonchev–Trinajstić information content (AvgIpc) is 2.22. The molecule has 2 fully saturated rings. The summed E-state index contributed by atoms with van der Waals surface area (Å²) in [5, 5.41) is 13.5. The number of nitrogens with one attached hydrogen (secondary N) is 1. The van der Waals surface area contributed by atoms with Gasteiger partial charge in [0.15, 0.2) is 0 Å². The van der Waals surface area contributed by atoms with Gasteiger partial charge in [-0.05, 0) is 18.3 Å². The molecule has 0 radical (unpaired) electrons. The van der Waals surface area contributed by atoms with Crippen molar-refractivity contribution in [3.8, 4) is 0 Å². The van der Waals surface area contributed by atoms with Crippen molar-refractivity contribution in [2.45, 2.75) is 58.4 Å². The molecule has 3 heteroatoms. The van der Waals surface area contributed by atoms with Crippen LogP contribution >= 0.6 is 0 Å². The fourth-order valence-corrected chi connectivity index (χ4v) is 3.33. The largest absolute Gasteiger partial charge is 0.389 e. The van der Waals surface area contributed by atoms with Crippen molar-refractivity contribution >= 4 is 0 Å². The van der Waals surface area contributed by atoms with Gasteiger partial charge in [0.1, 0.15) is 0 Å². The van der Waals surface area contributed by atoms with E-state index in [1.54, 1.807) is 0 Å². The first-order valence-corrected chi connectivity index (χ1v) is 6.56. The first kappa shape index (κ1) is 12.3. The summed E-state index contributed by atoms with van der Waals surface area (Å²) in [5.41, 5.74) is 0. The lowest BCUT2D eigenvalue weighted by Crippen LogP contribution is -2.64. The maximum Gasteiger partial charge on any atom is 0.0927 e. The van der Waals surface area contributed by atoms with Gasteiger partial charge < -0.3 is 15.2 Å². The number of aliphatic hydroxyl groups excluding tert-OH is 1. The van der Waals surface area contributed by atoms with Crippen LogP contribution in [0.15, 0.2) is 0 Å². The Kier molecular flexibility index (Phi) is 3.57. The van der Waals surface area contributed by atoms with Crippen LogP contribution in [0.2, 0.25) is 0 Å². The third-order valence-electron chi connectivity index (χ3n) is 4.17. The van der Waals surface area contributed by atoms with Gasteiger partial charge in [-0.3, -0.25) is 0 Å². The van der Waals surface area contributed by atoms with Gasteiger partial charge in [0.25, 0.3) is 0 Å². The molecule has 0 spiro atoms. The van der Waals surface area contributed by atoms with Crippen LogP contribution in [0.1, 0.15) is 34.1 Å². The predicted octanol–water partition coefficient (Wildman–Crippen LogP) is 1.40. The number of aliphatic hydroxyl groups is 1. The fraction of sp³-hybridized carbons (Fsp3) is 1.00. The summed E-state index contributed by atoms with van der Waals surface area (Å²) in [6.07, 6.45) is 0.973. The predicted molar refractivity (Wildman–Crippen MR) is 64.2 cm³/mol. The molecule has 5 atom stereocenters. The summed E-state index contributed by atoms with van der Waals surface area (Å²) in [4.78, 5) is 0. The summed E-state index contributed by atoms with van der Waals surface area (Å²) < 4.78 is 5.83. The lowest BCUT2D eigenvalue weighted by molar-refractivity contribution is -0.139. The molecule has 2 aliphatic rings. The first-order valence-electron chi connectivity index (χ1n) is 6.56. The van der Waals surface area contributed by atoms with Gasteiger partial charge in [-0.1, -0.05) is 27.7 Å². The van der Waals surface area contributed by atoms with E-state index in [1.807, 2.05) is 0 Å². The monoisotopic (exact) mass is 227 g/mol. The minimum Gasteiger partial charge on any atom is -0.389 e. The van der Waals surface area contributed by atoms with Crippen LogP contribution in [0.25, 0.3) is 0 Å². The van der Waals surface area contributed by atoms with E-state index in [-0.39, 0.29) is 12.1 Å². The molecule has 0 aromatic heterocycles. The molecule has 2 unspecified atom stereocenters. The third-order valence-corrected chi connectivity index (χ3v) is 4.17. The van der Waals surface area contributed by atoms with E-state index >= 15 is 0 Å². The van der Waals surface area contributed by atoms with Crippen molar-refractivity contribution in [3.63, 3.8) is 0 Å². The number of rotatable bonds is 2. The van der Waals surface area contributed by atoms with Crippen LogP contribution in [0.3, 0.4) is 0 Å². The Bertz CT molecular complexity index is 242. The Labute approximate surface area is 98.6 Å². The number of hydrogen-bond donors (Lipinski definition) is 2. The molecule has 0 aliphatic carbocycles. The Hall–Kier alpha value is -0.120. The molecule has 0 aromatic carbocycles. The van der Waals surface area contributed by atoms with Crippen molar-refractivity contribution in [3.05, 3.63) is 0 Å². The van der Waals surface area contributed by atoms with E-state index in [0.717, 1.165) is 6.42 Å². The van der Waals surface area contributed by atoms with E-state index in [1.165, 1.54) is 0 Å². The summed E-state index contributed by atoms with van der Waals surface area (Å²) in [7, 11) is 0. The smallest absolute Gasteiger partial charge is 0.0927 e. The van der Waals surface area contributed by atoms with Crippen LogP contribution in [0.4, 0.5) is 0 Å². The number of fused-ring (bicyclic) bond motifs is 2. The van der Waals surface area contributed by atoms with Gasteiger partial charge in [0.05, 0.1) is 18.8 Å². The van der Waals surface area contributed by atoms with Crippen LogP contribution in [0.5, 0.6) is 0 Å². The number of hydrogen-bond acceptors (Lipinski definition) is 3. The molecule has 2 heterocycles. The molecule has 2 aliphatic heterocycles. The summed E-state index contributed by atoms with van der Waals surface area (Å²) in [6, 6.07) is 0.708. The zero-order valence-corrected chi connectivity index (χ0v) is 10.8. The molecule has 94 valence electrons. The molecule has 0 saturated carbocycles. The van der Waals surface area contributed by atoms with Crippen molar-refractivity contribution in [2.75, 3.05) is 6.61 Å². The van der Waals surface area contributed by atoms with Crippen LogP contribution in [-0.4, -0.2) is 36.0 Å². The second kappa shape index (κ2) is 4.63. The summed E-state index contributed by atoms with van der Waals surface area (Å²) >= 11 is 0. The van der Waals surface area contributed by atoms with Crippen LogP contribution in [0, 0.1) is 17.8 Å². The highest BCUT2D eigenvalue weighted by Gasteiger charge is 2.45. The van der Waals surface area contributed by atoms with E-state index in [4.69, 9.17) is 4.74 Å². The normalized spacial score (nSPS) is 44.1. The highest BCUT2D eigenvalue weighted by atomic mass is 16.5. The molecular formula is C13H25NO2. The van der Waals surface area contributed by atoms with Gasteiger partial charge >= 0.3 is 0 Å². The SMILES string of the molecule is CC(C)C1N[C@H]2C[C@@H](OC[C@H]2O)C1C(C)C. The highest BCUT2D eigenvalue weighted by molar-refractivity contribution is 4.99. The molecular weight excluding hydrogens is 202 g/mol. The third kappa shape index (κ3) is 2.13. The van der Waals surface area contributed by atoms with Crippen LogP contribution < -0.4 is 5.32 Å². The average molecular weight is 227 g/mol. The highest BCUT2D eigenvalue weighted by Crippen LogP contribution is 2.36. The first-order chi connectivity index (χ1) is 7.50. The zero-order chi connectivity index (χ0) is 11.9. The van der Waals surface area contributed by atoms with E-state index in [0.29, 0.717) is 36.5 Å². The topological polar surface area (TPSA) is 41.5 Å². The molecule has 2 rings (SSSR count).